The molecule has 2 N–H and O–H groups in total. The van der Waals surface area contributed by atoms with Crippen LogP contribution in [0.3, 0.4) is 0 Å². The van der Waals surface area contributed by atoms with Crippen molar-refractivity contribution in [1.82, 2.24) is 9.13 Å². The molecular formula is C13H12F3N3O2. The molecule has 0 aliphatic carbocycles. The van der Waals surface area contributed by atoms with Crippen LogP contribution in [0.2, 0.25) is 0 Å². The summed E-state index contributed by atoms with van der Waals surface area (Å²) in [6, 6.07) is 4.45. The standard InChI is InChI=1S/C13H12F3N3O2/c1-18-7-10(17)11(20)19(12(18)21)6-8-3-2-4-9(5-8)13(14,15)16/h2-5,7H,6,17H2,1H3. The summed E-state index contributed by atoms with van der Waals surface area (Å²) in [6.45, 7) is -0.277. The molecule has 1 heterocycles. The smallest absolute Gasteiger partial charge is 0.393 e. The van der Waals surface area contributed by atoms with E-state index >= 15 is 0 Å². The molecule has 8 heteroatoms. The van der Waals surface area contributed by atoms with E-state index < -0.39 is 23.0 Å². The van der Waals surface area contributed by atoms with Gasteiger partial charge >= 0.3 is 11.9 Å². The molecule has 0 saturated carbocycles. The Bertz CT molecular complexity index is 756. The van der Waals surface area contributed by atoms with Gasteiger partial charge in [0.05, 0.1) is 12.1 Å². The first-order valence-electron chi connectivity index (χ1n) is 5.92. The Hall–Kier alpha value is -2.51. The highest BCUT2D eigenvalue weighted by molar-refractivity contribution is 5.32. The second kappa shape index (κ2) is 5.12. The van der Waals surface area contributed by atoms with Crippen LogP contribution in [-0.2, 0) is 19.8 Å². The summed E-state index contributed by atoms with van der Waals surface area (Å²) in [6.07, 6.45) is -3.31. The maximum Gasteiger partial charge on any atom is 0.416 e. The molecule has 0 atom stereocenters. The summed E-state index contributed by atoms with van der Waals surface area (Å²) in [5.41, 5.74) is 3.30. The van der Waals surface area contributed by atoms with Gasteiger partial charge in [-0.15, -0.1) is 0 Å². The number of nitrogens with two attached hydrogens (primary N) is 1. The maximum absolute atomic E-state index is 12.6. The van der Waals surface area contributed by atoms with Gasteiger partial charge in [-0.1, -0.05) is 12.1 Å². The lowest BCUT2D eigenvalue weighted by molar-refractivity contribution is -0.137. The van der Waals surface area contributed by atoms with Gasteiger partial charge in [0.1, 0.15) is 5.69 Å². The largest absolute Gasteiger partial charge is 0.416 e. The predicted octanol–water partition coefficient (Wildman–Crippen LogP) is 1.20. The van der Waals surface area contributed by atoms with E-state index in [4.69, 9.17) is 5.73 Å². The molecule has 0 radical (unpaired) electrons. The predicted molar refractivity (Wildman–Crippen MR) is 70.9 cm³/mol. The van der Waals surface area contributed by atoms with Crippen molar-refractivity contribution < 1.29 is 13.2 Å². The van der Waals surface area contributed by atoms with Crippen LogP contribution in [-0.4, -0.2) is 9.13 Å². The van der Waals surface area contributed by atoms with E-state index in [1.54, 1.807) is 0 Å². The minimum absolute atomic E-state index is 0.149. The Morgan fingerprint density at radius 2 is 1.90 bits per heavy atom. The van der Waals surface area contributed by atoms with E-state index in [0.29, 0.717) is 0 Å². The summed E-state index contributed by atoms with van der Waals surface area (Å²) >= 11 is 0. The van der Waals surface area contributed by atoms with Crippen molar-refractivity contribution in [3.05, 3.63) is 62.4 Å². The maximum atomic E-state index is 12.6. The van der Waals surface area contributed by atoms with Gasteiger partial charge in [-0.25, -0.2) is 4.79 Å². The van der Waals surface area contributed by atoms with Crippen LogP contribution in [0.25, 0.3) is 0 Å². The Morgan fingerprint density at radius 1 is 1.24 bits per heavy atom. The minimum atomic E-state index is -4.48. The molecule has 0 fully saturated rings. The molecule has 112 valence electrons. The van der Waals surface area contributed by atoms with Gasteiger partial charge in [-0.05, 0) is 17.7 Å². The quantitative estimate of drug-likeness (QED) is 0.905. The van der Waals surface area contributed by atoms with Crippen LogP contribution in [0.15, 0.2) is 40.1 Å². The molecule has 21 heavy (non-hydrogen) atoms. The van der Waals surface area contributed by atoms with Gasteiger partial charge in [0.15, 0.2) is 0 Å². The zero-order chi connectivity index (χ0) is 15.8. The first-order valence-corrected chi connectivity index (χ1v) is 5.92. The second-order valence-corrected chi connectivity index (χ2v) is 4.57. The Balaban J connectivity index is 2.49. The second-order valence-electron chi connectivity index (χ2n) is 4.57. The van der Waals surface area contributed by atoms with Crippen LogP contribution >= 0.6 is 0 Å². The minimum Gasteiger partial charge on any atom is -0.393 e. The van der Waals surface area contributed by atoms with Crippen molar-refractivity contribution >= 4 is 5.69 Å². The Morgan fingerprint density at radius 3 is 2.52 bits per heavy atom. The molecule has 0 unspecified atom stereocenters. The third kappa shape index (κ3) is 2.99. The lowest BCUT2D eigenvalue weighted by Gasteiger charge is -2.11. The number of hydrogen-bond donors (Lipinski definition) is 1. The molecule has 0 saturated heterocycles. The summed E-state index contributed by atoms with van der Waals surface area (Å²) in [5, 5.41) is 0. The van der Waals surface area contributed by atoms with E-state index in [9.17, 15) is 22.8 Å². The number of aromatic nitrogens is 2. The van der Waals surface area contributed by atoms with Crippen LogP contribution in [0.1, 0.15) is 11.1 Å². The molecule has 0 spiro atoms. The summed E-state index contributed by atoms with van der Waals surface area (Å²) in [7, 11) is 1.40. The molecule has 0 bridgehead atoms. The molecule has 2 aromatic rings. The highest BCUT2D eigenvalue weighted by Crippen LogP contribution is 2.29. The fraction of sp³-hybridized carbons (Fsp3) is 0.231. The number of hydrogen-bond acceptors (Lipinski definition) is 3. The number of rotatable bonds is 2. The van der Waals surface area contributed by atoms with Gasteiger partial charge in [0.25, 0.3) is 5.56 Å². The van der Waals surface area contributed by atoms with E-state index in [1.807, 2.05) is 0 Å². The zero-order valence-electron chi connectivity index (χ0n) is 11.0. The van der Waals surface area contributed by atoms with Crippen molar-refractivity contribution in [2.75, 3.05) is 5.73 Å². The monoisotopic (exact) mass is 299 g/mol. The lowest BCUT2D eigenvalue weighted by Crippen LogP contribution is -2.40. The number of benzene rings is 1. The summed E-state index contributed by atoms with van der Waals surface area (Å²) in [4.78, 5) is 23.7. The van der Waals surface area contributed by atoms with Gasteiger partial charge in [0.2, 0.25) is 0 Å². The molecule has 0 aliphatic rings. The Kier molecular flexibility index (Phi) is 3.63. The number of nitrogens with zero attached hydrogens (tertiary/aromatic N) is 2. The number of nitrogen functional groups attached to an aromatic ring is 1. The number of anilines is 1. The van der Waals surface area contributed by atoms with E-state index in [0.717, 1.165) is 21.3 Å². The number of alkyl halides is 3. The molecule has 5 nitrogen and oxygen atoms in total. The van der Waals surface area contributed by atoms with Crippen LogP contribution in [0, 0.1) is 0 Å². The fourth-order valence-corrected chi connectivity index (χ4v) is 1.92. The average molecular weight is 299 g/mol. The van der Waals surface area contributed by atoms with Crippen LogP contribution in [0.4, 0.5) is 18.9 Å². The average Bonchev–Trinajstić information content (AvgIpc) is 2.41. The topological polar surface area (TPSA) is 70.0 Å². The number of halogens is 3. The first kappa shape index (κ1) is 14.9. The zero-order valence-corrected chi connectivity index (χ0v) is 11.0. The third-order valence-corrected chi connectivity index (χ3v) is 2.95. The van der Waals surface area contributed by atoms with Gasteiger partial charge in [-0.3, -0.25) is 9.36 Å². The van der Waals surface area contributed by atoms with Crippen LogP contribution in [0.5, 0.6) is 0 Å². The molecule has 0 aliphatic heterocycles. The van der Waals surface area contributed by atoms with Crippen molar-refractivity contribution in [3.8, 4) is 0 Å². The normalized spacial score (nSPS) is 11.6. The van der Waals surface area contributed by atoms with Gasteiger partial charge in [-0.2, -0.15) is 13.2 Å². The fourth-order valence-electron chi connectivity index (χ4n) is 1.92. The molecule has 1 aromatic carbocycles. The van der Waals surface area contributed by atoms with Crippen molar-refractivity contribution in [2.24, 2.45) is 7.05 Å². The van der Waals surface area contributed by atoms with E-state index in [-0.39, 0.29) is 17.8 Å². The molecule has 0 amide bonds. The first-order chi connectivity index (χ1) is 9.70. The van der Waals surface area contributed by atoms with Crippen molar-refractivity contribution in [2.45, 2.75) is 12.7 Å². The van der Waals surface area contributed by atoms with Gasteiger partial charge < -0.3 is 10.3 Å². The third-order valence-electron chi connectivity index (χ3n) is 2.95. The summed E-state index contributed by atoms with van der Waals surface area (Å²) < 4.78 is 39.8. The highest BCUT2D eigenvalue weighted by atomic mass is 19.4. The van der Waals surface area contributed by atoms with E-state index in [2.05, 4.69) is 0 Å². The molecular weight excluding hydrogens is 287 g/mol. The highest BCUT2D eigenvalue weighted by Gasteiger charge is 2.30. The molecule has 1 aromatic heterocycles. The van der Waals surface area contributed by atoms with Gasteiger partial charge in [0, 0.05) is 13.2 Å². The lowest BCUT2D eigenvalue weighted by atomic mass is 10.1. The SMILES string of the molecule is Cn1cc(N)c(=O)n(Cc2cccc(C(F)(F)F)c2)c1=O. The van der Waals surface area contributed by atoms with Crippen LogP contribution < -0.4 is 17.0 Å². The molecule has 2 rings (SSSR count). The summed E-state index contributed by atoms with van der Waals surface area (Å²) in [5.74, 6) is 0. The number of aryl methyl sites for hydroxylation is 1. The Labute approximate surface area is 117 Å². The van der Waals surface area contributed by atoms with Crippen molar-refractivity contribution in [3.63, 3.8) is 0 Å². The van der Waals surface area contributed by atoms with Crippen molar-refractivity contribution in [1.29, 1.82) is 0 Å². The van der Waals surface area contributed by atoms with E-state index in [1.165, 1.54) is 25.4 Å².